The zero-order chi connectivity index (χ0) is 21.1. The summed E-state index contributed by atoms with van der Waals surface area (Å²) in [6.45, 7) is 7.63. The maximum absolute atomic E-state index is 12.6. The Morgan fingerprint density at radius 1 is 0.931 bits per heavy atom. The molecule has 4 nitrogen and oxygen atoms in total. The molecule has 0 bridgehead atoms. The molecule has 0 heterocycles. The Hall–Kier alpha value is -2.75. The number of carbonyl (C=O) groups is 1. The van der Waals surface area contributed by atoms with Crippen LogP contribution >= 0.6 is 0 Å². The molecule has 2 aromatic carbocycles. The largest absolute Gasteiger partial charge is 0.493 e. The summed E-state index contributed by atoms with van der Waals surface area (Å²) in [5.74, 6) is 1.61. The number of benzene rings is 2. The van der Waals surface area contributed by atoms with Gasteiger partial charge in [0, 0.05) is 29.9 Å². The number of aryl methyl sites for hydroxylation is 1. The van der Waals surface area contributed by atoms with Gasteiger partial charge < -0.3 is 14.8 Å². The molecule has 0 saturated heterocycles. The second-order valence-corrected chi connectivity index (χ2v) is 6.97. The van der Waals surface area contributed by atoms with Crippen LogP contribution in [-0.4, -0.2) is 26.0 Å². The number of allylic oxidation sites excluding steroid dienone is 1. The normalized spacial score (nSPS) is 10.9. The van der Waals surface area contributed by atoms with Crippen molar-refractivity contribution in [3.8, 4) is 11.5 Å². The fourth-order valence-corrected chi connectivity index (χ4v) is 2.97. The van der Waals surface area contributed by atoms with Crippen LogP contribution in [0.25, 0.3) is 6.08 Å². The van der Waals surface area contributed by atoms with Gasteiger partial charge in [-0.05, 0) is 67.3 Å². The summed E-state index contributed by atoms with van der Waals surface area (Å²) in [6.07, 6.45) is 7.29. The van der Waals surface area contributed by atoms with E-state index < -0.39 is 0 Å². The van der Waals surface area contributed by atoms with Crippen molar-refractivity contribution in [2.24, 2.45) is 0 Å². The lowest BCUT2D eigenvalue weighted by Crippen LogP contribution is -2.03. The summed E-state index contributed by atoms with van der Waals surface area (Å²) in [5.41, 5.74) is 3.70. The highest BCUT2D eigenvalue weighted by molar-refractivity contribution is 6.07. The van der Waals surface area contributed by atoms with Crippen LogP contribution in [0, 0.1) is 0 Å². The molecule has 156 valence electrons. The van der Waals surface area contributed by atoms with Crippen molar-refractivity contribution in [3.05, 3.63) is 59.2 Å². The number of nitrogens with one attached hydrogen (secondary N) is 1. The minimum absolute atomic E-state index is 0.0301. The molecule has 0 spiro atoms. The number of carbonyl (C=O) groups excluding carboxylic acids is 1. The van der Waals surface area contributed by atoms with E-state index in [2.05, 4.69) is 32.2 Å². The number of anilines is 1. The van der Waals surface area contributed by atoms with Crippen molar-refractivity contribution >= 4 is 17.5 Å². The molecule has 0 unspecified atom stereocenters. The Balaban J connectivity index is 2.32. The molecular weight excluding hydrogens is 362 g/mol. The van der Waals surface area contributed by atoms with Gasteiger partial charge in [-0.1, -0.05) is 27.2 Å². The highest BCUT2D eigenvalue weighted by Crippen LogP contribution is 2.32. The Morgan fingerprint density at radius 3 is 2.17 bits per heavy atom. The molecule has 0 atom stereocenters. The van der Waals surface area contributed by atoms with Gasteiger partial charge in [0.25, 0.3) is 0 Å². The second kappa shape index (κ2) is 11.9. The van der Waals surface area contributed by atoms with E-state index in [-0.39, 0.29) is 5.78 Å². The summed E-state index contributed by atoms with van der Waals surface area (Å²) >= 11 is 0. The molecule has 0 aliphatic rings. The standard InChI is InChI=1S/C25H33NO3/c1-5-8-20-17-21(25(29-16-7-3)18-24(20)28-15-6-2)11-14-23(27)19-9-12-22(26-4)13-10-19/h9-14,17-18,26H,5-8,15-16H2,1-4H3/b14-11+. The molecular formula is C25H33NO3. The number of hydrogen-bond acceptors (Lipinski definition) is 4. The zero-order valence-electron chi connectivity index (χ0n) is 18.1. The van der Waals surface area contributed by atoms with Gasteiger partial charge in [-0.15, -0.1) is 0 Å². The van der Waals surface area contributed by atoms with Crippen LogP contribution in [0.3, 0.4) is 0 Å². The van der Waals surface area contributed by atoms with Crippen molar-refractivity contribution in [2.75, 3.05) is 25.6 Å². The van der Waals surface area contributed by atoms with Crippen LogP contribution in [0.1, 0.15) is 61.5 Å². The Bertz CT molecular complexity index is 810. The van der Waals surface area contributed by atoms with Crippen molar-refractivity contribution in [2.45, 2.75) is 46.5 Å². The van der Waals surface area contributed by atoms with E-state index in [0.717, 1.165) is 54.0 Å². The summed E-state index contributed by atoms with van der Waals surface area (Å²) in [7, 11) is 1.86. The van der Waals surface area contributed by atoms with Crippen molar-refractivity contribution in [1.29, 1.82) is 0 Å². The summed E-state index contributed by atoms with van der Waals surface area (Å²) < 4.78 is 11.9. The van der Waals surface area contributed by atoms with Gasteiger partial charge in [0.2, 0.25) is 0 Å². The van der Waals surface area contributed by atoms with E-state index in [1.54, 1.807) is 6.08 Å². The van der Waals surface area contributed by atoms with Gasteiger partial charge in [-0.25, -0.2) is 0 Å². The maximum atomic E-state index is 12.6. The first-order valence-electron chi connectivity index (χ1n) is 10.6. The van der Waals surface area contributed by atoms with Crippen LogP contribution in [0.15, 0.2) is 42.5 Å². The molecule has 29 heavy (non-hydrogen) atoms. The fourth-order valence-electron chi connectivity index (χ4n) is 2.97. The molecule has 4 heteroatoms. The van der Waals surface area contributed by atoms with Gasteiger partial charge in [0.1, 0.15) is 11.5 Å². The molecule has 0 radical (unpaired) electrons. The molecule has 1 N–H and O–H groups in total. The molecule has 0 aromatic heterocycles. The molecule has 0 fully saturated rings. The third-order valence-electron chi connectivity index (χ3n) is 4.51. The smallest absolute Gasteiger partial charge is 0.185 e. The average molecular weight is 396 g/mol. The van der Waals surface area contributed by atoms with Crippen molar-refractivity contribution in [3.63, 3.8) is 0 Å². The third kappa shape index (κ3) is 6.67. The lowest BCUT2D eigenvalue weighted by Gasteiger charge is -2.16. The monoisotopic (exact) mass is 395 g/mol. The Labute approximate surface area is 174 Å². The molecule has 0 aliphatic carbocycles. The van der Waals surface area contributed by atoms with E-state index in [9.17, 15) is 4.79 Å². The summed E-state index contributed by atoms with van der Waals surface area (Å²) in [4.78, 5) is 12.6. The SMILES string of the molecule is CCCOc1cc(OCCC)c(CCC)cc1/C=C/C(=O)c1ccc(NC)cc1. The number of ketones is 1. The van der Waals surface area contributed by atoms with Gasteiger partial charge in [0.15, 0.2) is 5.78 Å². The predicted octanol–water partition coefficient (Wildman–Crippen LogP) is 6.15. The van der Waals surface area contributed by atoms with Crippen molar-refractivity contribution in [1.82, 2.24) is 0 Å². The Kier molecular flexibility index (Phi) is 9.29. The van der Waals surface area contributed by atoms with E-state index in [4.69, 9.17) is 9.47 Å². The van der Waals surface area contributed by atoms with Gasteiger partial charge in [-0.3, -0.25) is 4.79 Å². The number of ether oxygens (including phenoxy) is 2. The van der Waals surface area contributed by atoms with E-state index in [1.165, 1.54) is 0 Å². The first-order valence-corrected chi connectivity index (χ1v) is 10.6. The van der Waals surface area contributed by atoms with Crippen LogP contribution < -0.4 is 14.8 Å². The van der Waals surface area contributed by atoms with Gasteiger partial charge in [0.05, 0.1) is 13.2 Å². The predicted molar refractivity (Wildman–Crippen MR) is 121 cm³/mol. The first kappa shape index (κ1) is 22.5. The number of hydrogen-bond donors (Lipinski definition) is 1. The van der Waals surface area contributed by atoms with E-state index >= 15 is 0 Å². The average Bonchev–Trinajstić information content (AvgIpc) is 2.75. The fraction of sp³-hybridized carbons (Fsp3) is 0.400. The van der Waals surface area contributed by atoms with E-state index in [1.807, 2.05) is 43.5 Å². The van der Waals surface area contributed by atoms with Gasteiger partial charge >= 0.3 is 0 Å². The third-order valence-corrected chi connectivity index (χ3v) is 4.51. The first-order chi connectivity index (χ1) is 14.1. The lowest BCUT2D eigenvalue weighted by atomic mass is 10.0. The van der Waals surface area contributed by atoms with E-state index in [0.29, 0.717) is 18.8 Å². The molecule has 2 rings (SSSR count). The van der Waals surface area contributed by atoms with Crippen LogP contribution in [-0.2, 0) is 6.42 Å². The number of rotatable bonds is 12. The maximum Gasteiger partial charge on any atom is 0.185 e. The topological polar surface area (TPSA) is 47.6 Å². The highest BCUT2D eigenvalue weighted by atomic mass is 16.5. The van der Waals surface area contributed by atoms with Crippen LogP contribution in [0.5, 0.6) is 11.5 Å². The van der Waals surface area contributed by atoms with Crippen LogP contribution in [0.4, 0.5) is 5.69 Å². The van der Waals surface area contributed by atoms with Gasteiger partial charge in [-0.2, -0.15) is 0 Å². The highest BCUT2D eigenvalue weighted by Gasteiger charge is 2.11. The van der Waals surface area contributed by atoms with Crippen molar-refractivity contribution < 1.29 is 14.3 Å². The zero-order valence-corrected chi connectivity index (χ0v) is 18.1. The summed E-state index contributed by atoms with van der Waals surface area (Å²) in [6, 6.07) is 11.5. The Morgan fingerprint density at radius 2 is 1.59 bits per heavy atom. The summed E-state index contributed by atoms with van der Waals surface area (Å²) in [5, 5.41) is 3.06. The molecule has 0 saturated carbocycles. The molecule has 0 amide bonds. The minimum atomic E-state index is -0.0301. The molecule has 0 aliphatic heterocycles. The van der Waals surface area contributed by atoms with Crippen LogP contribution in [0.2, 0.25) is 0 Å². The minimum Gasteiger partial charge on any atom is -0.493 e. The molecule has 2 aromatic rings. The quantitative estimate of drug-likeness (QED) is 0.346. The second-order valence-electron chi connectivity index (χ2n) is 6.97. The lowest BCUT2D eigenvalue weighted by molar-refractivity contribution is 0.104.